The molecule has 0 saturated heterocycles. The quantitative estimate of drug-likeness (QED) is 0.591. The number of hydrogen-bond acceptors (Lipinski definition) is 2. The second-order valence-corrected chi connectivity index (χ2v) is 5.57. The van der Waals surface area contributed by atoms with Gasteiger partial charge in [0.1, 0.15) is 5.54 Å². The number of nitrogens with zero attached hydrogens (tertiary/aromatic N) is 1. The highest BCUT2D eigenvalue weighted by Crippen LogP contribution is 2.40. The van der Waals surface area contributed by atoms with Gasteiger partial charge in [-0.2, -0.15) is 0 Å². The minimum atomic E-state index is -0.991. The molecule has 0 radical (unpaired) electrons. The maximum atomic E-state index is 11.4. The molecule has 0 aromatic rings. The first-order valence-corrected chi connectivity index (χ1v) is 5.76. The summed E-state index contributed by atoms with van der Waals surface area (Å²) in [5.74, 6) is -0.875. The van der Waals surface area contributed by atoms with Crippen LogP contribution in [-0.4, -0.2) is 35.0 Å². The maximum absolute atomic E-state index is 11.4. The number of amides is 1. The van der Waals surface area contributed by atoms with Gasteiger partial charge in [-0.25, -0.2) is 4.79 Å². The van der Waals surface area contributed by atoms with Crippen LogP contribution in [-0.2, 0) is 9.59 Å². The van der Waals surface area contributed by atoms with Gasteiger partial charge in [-0.05, 0) is 37.5 Å². The predicted octanol–water partition coefficient (Wildman–Crippen LogP) is 1.89. The van der Waals surface area contributed by atoms with Crippen molar-refractivity contribution >= 4 is 12.4 Å². The standard InChI is InChI=1S/C12H21NO3/c1-11(2)5-4-6-12(8-7-11,10(15)16)13(3)9-14/h9H,4-8H2,1-3H3,(H,15,16). The summed E-state index contributed by atoms with van der Waals surface area (Å²) in [6.45, 7) is 4.32. The van der Waals surface area contributed by atoms with E-state index in [0.29, 0.717) is 19.3 Å². The lowest BCUT2D eigenvalue weighted by molar-refractivity contribution is -0.155. The molecular weight excluding hydrogens is 206 g/mol. The second kappa shape index (κ2) is 4.44. The summed E-state index contributed by atoms with van der Waals surface area (Å²) in [5.41, 5.74) is -0.809. The molecule has 4 nitrogen and oxygen atoms in total. The number of carboxylic acid groups (broad SMARTS) is 1. The average Bonchev–Trinajstić information content (AvgIpc) is 2.36. The molecule has 0 bridgehead atoms. The van der Waals surface area contributed by atoms with Gasteiger partial charge in [-0.3, -0.25) is 4.79 Å². The van der Waals surface area contributed by atoms with Crippen LogP contribution in [0.3, 0.4) is 0 Å². The Balaban J connectivity index is 2.95. The van der Waals surface area contributed by atoms with Gasteiger partial charge in [0, 0.05) is 7.05 Å². The number of carboxylic acids is 1. The van der Waals surface area contributed by atoms with Gasteiger partial charge in [-0.15, -0.1) is 0 Å². The topological polar surface area (TPSA) is 57.6 Å². The smallest absolute Gasteiger partial charge is 0.329 e. The van der Waals surface area contributed by atoms with Crippen molar-refractivity contribution in [3.63, 3.8) is 0 Å². The van der Waals surface area contributed by atoms with Crippen LogP contribution in [0.25, 0.3) is 0 Å². The number of carbonyl (C=O) groups is 2. The van der Waals surface area contributed by atoms with Gasteiger partial charge in [0.05, 0.1) is 0 Å². The van der Waals surface area contributed by atoms with Crippen molar-refractivity contribution in [2.45, 2.75) is 51.5 Å². The molecule has 1 aliphatic rings. The number of aliphatic carboxylic acids is 1. The molecule has 92 valence electrons. The molecule has 0 heterocycles. The average molecular weight is 227 g/mol. The van der Waals surface area contributed by atoms with Crippen LogP contribution in [0.5, 0.6) is 0 Å². The van der Waals surface area contributed by atoms with Crippen molar-refractivity contribution in [2.75, 3.05) is 7.05 Å². The lowest BCUT2D eigenvalue weighted by Crippen LogP contribution is -2.52. The predicted molar refractivity (Wildman–Crippen MR) is 61.1 cm³/mol. The van der Waals surface area contributed by atoms with Crippen LogP contribution in [0.2, 0.25) is 0 Å². The molecule has 0 aliphatic heterocycles. The monoisotopic (exact) mass is 227 g/mol. The summed E-state index contributed by atoms with van der Waals surface area (Å²) >= 11 is 0. The minimum absolute atomic E-state index is 0.181. The Bertz CT molecular complexity index is 288. The molecule has 1 aliphatic carbocycles. The van der Waals surface area contributed by atoms with Crippen LogP contribution in [0, 0.1) is 5.41 Å². The fourth-order valence-corrected chi connectivity index (χ4v) is 2.47. The molecule has 0 spiro atoms. The van der Waals surface area contributed by atoms with Crippen molar-refractivity contribution in [3.8, 4) is 0 Å². The number of rotatable bonds is 3. The summed E-state index contributed by atoms with van der Waals surface area (Å²) in [7, 11) is 1.57. The third-order valence-electron chi connectivity index (χ3n) is 3.89. The summed E-state index contributed by atoms with van der Waals surface area (Å²) < 4.78 is 0. The largest absolute Gasteiger partial charge is 0.479 e. The highest BCUT2D eigenvalue weighted by molar-refractivity contribution is 5.81. The number of hydrogen-bond donors (Lipinski definition) is 1. The van der Waals surface area contributed by atoms with E-state index in [1.165, 1.54) is 4.90 Å². The van der Waals surface area contributed by atoms with E-state index in [-0.39, 0.29) is 5.41 Å². The van der Waals surface area contributed by atoms with E-state index in [2.05, 4.69) is 13.8 Å². The Morgan fingerprint density at radius 2 is 1.88 bits per heavy atom. The Labute approximate surface area is 96.6 Å². The Morgan fingerprint density at radius 1 is 1.25 bits per heavy atom. The fourth-order valence-electron chi connectivity index (χ4n) is 2.47. The summed E-state index contributed by atoms with van der Waals surface area (Å²) in [6, 6.07) is 0. The third kappa shape index (κ3) is 2.36. The second-order valence-electron chi connectivity index (χ2n) is 5.57. The highest BCUT2D eigenvalue weighted by atomic mass is 16.4. The molecule has 1 saturated carbocycles. The van der Waals surface area contributed by atoms with Gasteiger partial charge in [0.2, 0.25) is 6.41 Å². The summed E-state index contributed by atoms with van der Waals surface area (Å²) in [6.07, 6.45) is 4.46. The zero-order chi connectivity index (χ0) is 12.4. The molecule has 16 heavy (non-hydrogen) atoms. The van der Waals surface area contributed by atoms with Crippen molar-refractivity contribution in [1.29, 1.82) is 0 Å². The minimum Gasteiger partial charge on any atom is -0.479 e. The zero-order valence-corrected chi connectivity index (χ0v) is 10.3. The summed E-state index contributed by atoms with van der Waals surface area (Å²) in [5, 5.41) is 9.38. The van der Waals surface area contributed by atoms with E-state index in [4.69, 9.17) is 0 Å². The molecule has 1 N–H and O–H groups in total. The number of likely N-dealkylation sites (N-methyl/N-ethyl adjacent to an activating group) is 1. The molecular formula is C12H21NO3. The van der Waals surface area contributed by atoms with Gasteiger partial charge >= 0.3 is 5.97 Å². The van der Waals surface area contributed by atoms with Crippen LogP contribution in [0.4, 0.5) is 0 Å². The van der Waals surface area contributed by atoms with E-state index in [9.17, 15) is 14.7 Å². The SMILES string of the molecule is CN(C=O)C1(C(=O)O)CCCC(C)(C)CC1. The van der Waals surface area contributed by atoms with Crippen LogP contribution in [0.15, 0.2) is 0 Å². The van der Waals surface area contributed by atoms with Crippen LogP contribution < -0.4 is 0 Å². The first-order chi connectivity index (χ1) is 7.34. The molecule has 0 aromatic carbocycles. The van der Waals surface area contributed by atoms with E-state index >= 15 is 0 Å². The van der Waals surface area contributed by atoms with E-state index < -0.39 is 11.5 Å². The lowest BCUT2D eigenvalue weighted by Gasteiger charge is -2.35. The third-order valence-corrected chi connectivity index (χ3v) is 3.89. The van der Waals surface area contributed by atoms with Gasteiger partial charge in [-0.1, -0.05) is 13.8 Å². The van der Waals surface area contributed by atoms with E-state index in [0.717, 1.165) is 19.3 Å². The van der Waals surface area contributed by atoms with Crippen molar-refractivity contribution < 1.29 is 14.7 Å². The van der Waals surface area contributed by atoms with Gasteiger partial charge in [0.15, 0.2) is 0 Å². The molecule has 1 amide bonds. The first kappa shape index (κ1) is 13.0. The normalized spacial score (nSPS) is 29.2. The van der Waals surface area contributed by atoms with Crippen molar-refractivity contribution in [3.05, 3.63) is 0 Å². The van der Waals surface area contributed by atoms with Crippen molar-refractivity contribution in [2.24, 2.45) is 5.41 Å². The van der Waals surface area contributed by atoms with E-state index in [1.54, 1.807) is 7.05 Å². The molecule has 1 atom stereocenters. The zero-order valence-electron chi connectivity index (χ0n) is 10.3. The molecule has 1 rings (SSSR count). The van der Waals surface area contributed by atoms with E-state index in [1.807, 2.05) is 0 Å². The maximum Gasteiger partial charge on any atom is 0.329 e. The molecule has 1 unspecified atom stereocenters. The number of carbonyl (C=O) groups excluding carboxylic acids is 1. The fraction of sp³-hybridized carbons (Fsp3) is 0.833. The molecule has 0 aromatic heterocycles. The molecule has 4 heteroatoms. The van der Waals surface area contributed by atoms with Gasteiger partial charge < -0.3 is 10.0 Å². The summed E-state index contributed by atoms with van der Waals surface area (Å²) in [4.78, 5) is 23.6. The van der Waals surface area contributed by atoms with Crippen LogP contribution in [0.1, 0.15) is 46.0 Å². The van der Waals surface area contributed by atoms with Crippen LogP contribution >= 0.6 is 0 Å². The lowest BCUT2D eigenvalue weighted by atomic mass is 9.83. The van der Waals surface area contributed by atoms with Crippen molar-refractivity contribution in [1.82, 2.24) is 4.90 Å². The van der Waals surface area contributed by atoms with Gasteiger partial charge in [0.25, 0.3) is 0 Å². The Kier molecular flexibility index (Phi) is 3.61. The highest BCUT2D eigenvalue weighted by Gasteiger charge is 2.44. The first-order valence-electron chi connectivity index (χ1n) is 5.76. The molecule has 1 fully saturated rings. The Morgan fingerprint density at radius 3 is 2.38 bits per heavy atom. The Hall–Kier alpha value is -1.06.